The third-order valence-corrected chi connectivity index (χ3v) is 10.1. The molecule has 6 aromatic carbocycles. The van der Waals surface area contributed by atoms with Crippen molar-refractivity contribution in [2.24, 2.45) is 17.2 Å². The minimum Gasteiger partial charge on any atom is -0.398 e. The van der Waals surface area contributed by atoms with Crippen molar-refractivity contribution in [1.82, 2.24) is 0 Å². The second-order valence-electron chi connectivity index (χ2n) is 13.5. The Bertz CT molecular complexity index is 2520. The summed E-state index contributed by atoms with van der Waals surface area (Å²) in [5.74, 6) is 0.0492. The Morgan fingerprint density at radius 2 is 1.18 bits per heavy atom. The van der Waals surface area contributed by atoms with Gasteiger partial charge in [0, 0.05) is 38.0 Å². The van der Waals surface area contributed by atoms with Gasteiger partial charge in [-0.3, -0.25) is 5.41 Å². The lowest BCUT2D eigenvalue weighted by Crippen LogP contribution is -2.10. The average Bonchev–Trinajstić information content (AvgIpc) is 3.66. The summed E-state index contributed by atoms with van der Waals surface area (Å²) in [5.41, 5.74) is 26.6. The molecule has 0 aliphatic rings. The number of aryl methyl sites for hydroxylation is 2. The van der Waals surface area contributed by atoms with Crippen LogP contribution in [-0.2, 0) is 6.54 Å². The number of fused-ring (bicyclic) bond motifs is 3. The minimum atomic E-state index is 0.0492. The summed E-state index contributed by atoms with van der Waals surface area (Å²) in [6, 6.07) is 51.6. The van der Waals surface area contributed by atoms with Crippen LogP contribution < -0.4 is 17.2 Å². The Labute approximate surface area is 361 Å². The summed E-state index contributed by atoms with van der Waals surface area (Å²) in [7, 11) is 0. The molecule has 0 aliphatic carbocycles. The monoisotopic (exact) mass is 809 g/mol. The normalized spacial score (nSPS) is 11.0. The minimum absolute atomic E-state index is 0.0492. The lowest BCUT2D eigenvalue weighted by atomic mass is 10.0. The fourth-order valence-corrected chi connectivity index (χ4v) is 6.60. The highest BCUT2D eigenvalue weighted by molar-refractivity contribution is 7.25. The van der Waals surface area contributed by atoms with E-state index in [0.29, 0.717) is 23.5 Å². The lowest BCUT2D eigenvalue weighted by molar-refractivity contribution is 1.08. The highest BCUT2D eigenvalue weighted by Crippen LogP contribution is 2.34. The van der Waals surface area contributed by atoms with Gasteiger partial charge in [0.15, 0.2) is 0 Å². The van der Waals surface area contributed by atoms with Crippen molar-refractivity contribution in [3.63, 3.8) is 0 Å². The number of hydrogen-bond donors (Lipinski definition) is 5. The third-order valence-electron chi connectivity index (χ3n) is 8.90. The summed E-state index contributed by atoms with van der Waals surface area (Å²) >= 11 is 1.84. The van der Waals surface area contributed by atoms with E-state index in [1.54, 1.807) is 18.2 Å². The predicted octanol–water partition coefficient (Wildman–Crippen LogP) is 13.7. The maximum atomic E-state index is 8.05. The molecule has 0 spiro atoms. The quantitative estimate of drug-likeness (QED) is 0.0454. The topological polar surface area (TPSA) is 126 Å². The molecule has 0 saturated heterocycles. The van der Waals surface area contributed by atoms with Crippen LogP contribution in [0.15, 0.2) is 206 Å². The largest absolute Gasteiger partial charge is 0.398 e. The molecule has 0 bridgehead atoms. The van der Waals surface area contributed by atoms with Crippen molar-refractivity contribution in [2.75, 3.05) is 0 Å². The Balaban J connectivity index is 0.000000211. The molecule has 306 valence electrons. The number of thiophene rings is 1. The molecular formula is C54H59N5S. The first-order valence-corrected chi connectivity index (χ1v) is 20.6. The van der Waals surface area contributed by atoms with Crippen molar-refractivity contribution in [3.8, 4) is 11.1 Å². The molecule has 0 radical (unpaired) electrons. The van der Waals surface area contributed by atoms with Crippen LogP contribution >= 0.6 is 11.3 Å². The van der Waals surface area contributed by atoms with Gasteiger partial charge in [-0.25, -0.2) is 0 Å². The predicted molar refractivity (Wildman–Crippen MR) is 266 cm³/mol. The zero-order valence-corrected chi connectivity index (χ0v) is 36.3. The lowest BCUT2D eigenvalue weighted by Gasteiger charge is -2.04. The summed E-state index contributed by atoms with van der Waals surface area (Å²) in [6.07, 6.45) is 12.7. The van der Waals surface area contributed by atoms with E-state index in [1.807, 2.05) is 124 Å². The highest BCUT2D eigenvalue weighted by Gasteiger charge is 2.04. The van der Waals surface area contributed by atoms with E-state index in [-0.39, 0.29) is 5.84 Å². The molecule has 7 aromatic rings. The number of amidine groups is 1. The fourth-order valence-electron chi connectivity index (χ4n) is 5.51. The smallest absolute Gasteiger partial charge is 0.122 e. The molecule has 6 heteroatoms. The maximum absolute atomic E-state index is 8.05. The van der Waals surface area contributed by atoms with Crippen LogP contribution in [0, 0.1) is 24.7 Å². The fraction of sp³-hybridized carbons (Fsp3) is 0.111. The number of nitrogens with one attached hydrogen (secondary N) is 2. The van der Waals surface area contributed by atoms with Gasteiger partial charge in [0.05, 0.1) is 5.71 Å². The molecule has 60 heavy (non-hydrogen) atoms. The van der Waals surface area contributed by atoms with Gasteiger partial charge >= 0.3 is 0 Å². The summed E-state index contributed by atoms with van der Waals surface area (Å²) in [4.78, 5) is 0. The van der Waals surface area contributed by atoms with E-state index in [4.69, 9.17) is 28.0 Å². The zero-order valence-electron chi connectivity index (χ0n) is 35.5. The van der Waals surface area contributed by atoms with Crippen molar-refractivity contribution in [3.05, 3.63) is 234 Å². The molecule has 8 N–H and O–H groups in total. The van der Waals surface area contributed by atoms with E-state index >= 15 is 0 Å². The first-order valence-electron chi connectivity index (χ1n) is 19.8. The van der Waals surface area contributed by atoms with E-state index in [2.05, 4.69) is 104 Å². The van der Waals surface area contributed by atoms with Gasteiger partial charge in [-0.05, 0) is 92.8 Å². The Morgan fingerprint density at radius 3 is 1.77 bits per heavy atom. The molecule has 5 nitrogen and oxygen atoms in total. The number of nitrogens with two attached hydrogens (primary N) is 3. The van der Waals surface area contributed by atoms with E-state index in [0.717, 1.165) is 16.7 Å². The van der Waals surface area contributed by atoms with Crippen LogP contribution in [0.2, 0.25) is 0 Å². The van der Waals surface area contributed by atoms with Gasteiger partial charge in [-0.1, -0.05) is 182 Å². The second-order valence-corrected chi connectivity index (χ2v) is 14.6. The van der Waals surface area contributed by atoms with Crippen LogP contribution in [0.1, 0.15) is 48.6 Å². The van der Waals surface area contributed by atoms with Crippen molar-refractivity contribution >= 4 is 48.8 Å². The Morgan fingerprint density at radius 1 is 0.600 bits per heavy atom. The number of hydrogen-bond acceptors (Lipinski definition) is 5. The first kappa shape index (κ1) is 47.5. The van der Waals surface area contributed by atoms with Crippen molar-refractivity contribution in [1.29, 1.82) is 10.8 Å². The van der Waals surface area contributed by atoms with Crippen LogP contribution in [0.25, 0.3) is 37.0 Å². The van der Waals surface area contributed by atoms with Crippen LogP contribution in [-0.4, -0.2) is 11.5 Å². The molecular weight excluding hydrogens is 751 g/mol. The molecule has 1 heterocycles. The van der Waals surface area contributed by atoms with Gasteiger partial charge in [0.1, 0.15) is 5.84 Å². The van der Waals surface area contributed by atoms with Gasteiger partial charge in [0.25, 0.3) is 0 Å². The SMILES string of the molecule is C/C=C\C.C=C/C(=C\C=C/C)C(=N)N.Cc1ccc(-c2ccccc2)cc1.Cc1cccc(C(=N)/C=C(\N)c2ccccc2)c1.NCc1ccc2sc3ccccc3c2c1. The Hall–Kier alpha value is -6.86. The van der Waals surface area contributed by atoms with Crippen LogP contribution in [0.3, 0.4) is 0 Å². The van der Waals surface area contributed by atoms with Crippen molar-refractivity contribution < 1.29 is 0 Å². The van der Waals surface area contributed by atoms with Gasteiger partial charge in [0.2, 0.25) is 0 Å². The molecule has 0 atom stereocenters. The molecule has 0 unspecified atom stereocenters. The first-order chi connectivity index (χ1) is 29.0. The van der Waals surface area contributed by atoms with Crippen molar-refractivity contribution in [2.45, 2.75) is 41.2 Å². The van der Waals surface area contributed by atoms with Gasteiger partial charge < -0.3 is 22.6 Å². The summed E-state index contributed by atoms with van der Waals surface area (Å²) in [6.45, 7) is 14.1. The molecule has 0 saturated carbocycles. The standard InChI is InChI=1S/C16H16N2.C13H11NS.C13H12.C8H12N2.C4H8/c1-12-6-5-9-14(10-12)16(18)11-15(17)13-7-3-2-4-8-13;14-8-9-5-6-13-11(7-9)10-3-1-2-4-12(10)15-13;1-11-7-9-13(10-8-11)12-5-3-2-4-6-12;1-3-5-6-7(4-2)8(9)10;1-3-4-2/h2-11,18H,17H2,1H3;1-7H,8,14H2;2-10H,1H3;3-6H,2H2,1H3,(H3,9,10);3-4H,1-2H3/b15-11-,18-16?;;;5-3-,7-6+;4-3-. The molecule has 1 aromatic heterocycles. The summed E-state index contributed by atoms with van der Waals surface area (Å²) in [5, 5.41) is 17.8. The zero-order chi connectivity index (χ0) is 43.7. The third kappa shape index (κ3) is 15.8. The summed E-state index contributed by atoms with van der Waals surface area (Å²) < 4.78 is 2.69. The van der Waals surface area contributed by atoms with E-state index in [1.165, 1.54) is 42.4 Å². The maximum Gasteiger partial charge on any atom is 0.122 e. The van der Waals surface area contributed by atoms with Crippen LogP contribution in [0.5, 0.6) is 0 Å². The van der Waals surface area contributed by atoms with E-state index < -0.39 is 0 Å². The number of benzene rings is 6. The van der Waals surface area contributed by atoms with Crippen LogP contribution in [0.4, 0.5) is 0 Å². The second kappa shape index (κ2) is 26.2. The van der Waals surface area contributed by atoms with Gasteiger partial charge in [-0.2, -0.15) is 0 Å². The molecule has 0 fully saturated rings. The average molecular weight is 810 g/mol. The molecule has 0 aliphatic heterocycles. The van der Waals surface area contributed by atoms with E-state index in [9.17, 15) is 0 Å². The Kier molecular flexibility index (Phi) is 20.8. The molecule has 7 rings (SSSR count). The molecule has 0 amide bonds. The highest BCUT2D eigenvalue weighted by atomic mass is 32.1. The van der Waals surface area contributed by atoms with Gasteiger partial charge in [-0.15, -0.1) is 11.3 Å². The number of rotatable bonds is 8. The number of allylic oxidation sites excluding steroid dienone is 6.